The summed E-state index contributed by atoms with van der Waals surface area (Å²) in [6.45, 7) is 0. The van der Waals surface area contributed by atoms with Gasteiger partial charge in [0.1, 0.15) is 0 Å². The van der Waals surface area contributed by atoms with Gasteiger partial charge in [-0.3, -0.25) is 0 Å². The second-order valence-corrected chi connectivity index (χ2v) is 5.36. The lowest BCUT2D eigenvalue weighted by atomic mass is 10.1. The van der Waals surface area contributed by atoms with E-state index in [1.54, 1.807) is 25.4 Å². The van der Waals surface area contributed by atoms with Crippen LogP contribution >= 0.6 is 0 Å². The zero-order valence-corrected chi connectivity index (χ0v) is 14.5. The van der Waals surface area contributed by atoms with E-state index in [9.17, 15) is 0 Å². The van der Waals surface area contributed by atoms with Gasteiger partial charge in [0.15, 0.2) is 0 Å². The van der Waals surface area contributed by atoms with Crippen molar-refractivity contribution in [3.63, 3.8) is 0 Å². The molecule has 0 unspecified atom stereocenters. The first-order chi connectivity index (χ1) is 11.6. The highest BCUT2D eigenvalue weighted by atomic mass is 16.7. The Morgan fingerprint density at radius 1 is 1.04 bits per heavy atom. The smallest absolute Gasteiger partial charge is 0.208 e. The van der Waals surface area contributed by atoms with E-state index in [1.165, 1.54) is 0 Å². The number of methoxy groups -OCH3 is 2. The number of hydrazone groups is 1. The molecule has 0 bridgehead atoms. The van der Waals surface area contributed by atoms with Crippen LogP contribution in [0.1, 0.15) is 5.56 Å². The van der Waals surface area contributed by atoms with Crippen molar-refractivity contribution in [2.75, 3.05) is 28.3 Å². The van der Waals surface area contributed by atoms with E-state index in [0.717, 1.165) is 17.0 Å². The Balaban J connectivity index is 2.21. The molecule has 2 rings (SSSR count). The Hall–Kier alpha value is -2.50. The van der Waals surface area contributed by atoms with E-state index in [-0.39, 0.29) is 0 Å². The second kappa shape index (κ2) is 8.38. The molecule has 1 aromatic carbocycles. The zero-order chi connectivity index (χ0) is 17.4. The Kier molecular flexibility index (Phi) is 6.23. The van der Waals surface area contributed by atoms with Crippen LogP contribution in [0.5, 0.6) is 0 Å². The van der Waals surface area contributed by atoms with Crippen molar-refractivity contribution in [3.05, 3.63) is 60.2 Å². The maximum atomic E-state index is 5.35. The van der Waals surface area contributed by atoms with Gasteiger partial charge >= 0.3 is 0 Å². The van der Waals surface area contributed by atoms with Crippen molar-refractivity contribution >= 4 is 23.7 Å². The number of rotatable bonds is 6. The first-order valence-corrected chi connectivity index (χ1v) is 7.63. The van der Waals surface area contributed by atoms with Gasteiger partial charge in [0.05, 0.1) is 11.4 Å². The molecule has 0 aliphatic heterocycles. The number of nitrogens with zero attached hydrogens (tertiary/aromatic N) is 3. The third-order valence-corrected chi connectivity index (χ3v) is 3.46. The zero-order valence-electron chi connectivity index (χ0n) is 14.5. The molecule has 0 fully saturated rings. The maximum Gasteiger partial charge on any atom is 0.208 e. The van der Waals surface area contributed by atoms with Crippen LogP contribution in [0.4, 0.5) is 5.69 Å². The summed E-state index contributed by atoms with van der Waals surface area (Å²) in [7, 11) is 6.98. The van der Waals surface area contributed by atoms with Crippen LogP contribution in [0.15, 0.2) is 64.7 Å². The maximum absolute atomic E-state index is 5.35. The molecule has 0 spiro atoms. The summed E-state index contributed by atoms with van der Waals surface area (Å²) in [4.78, 5) is 4.69. The van der Waals surface area contributed by atoms with Crippen LogP contribution in [-0.2, 0) is 9.47 Å². The standard InChI is InChI=1S/C19H23N3O2/c1-22(2)20-15-7-9-16-8-5-6-10-18(16)21-17-11-13-19(23-3,24-4)14-12-17/h5-15H,1-4H3/b9-7+,20-15+. The summed E-state index contributed by atoms with van der Waals surface area (Å²) < 4.78 is 10.7. The number of benzene rings is 1. The van der Waals surface area contributed by atoms with E-state index in [2.05, 4.69) is 5.10 Å². The van der Waals surface area contributed by atoms with E-state index in [1.807, 2.05) is 74.8 Å². The molecule has 0 heterocycles. The molecule has 0 radical (unpaired) electrons. The molecule has 24 heavy (non-hydrogen) atoms. The summed E-state index contributed by atoms with van der Waals surface area (Å²) in [5, 5.41) is 5.90. The van der Waals surface area contributed by atoms with Crippen molar-refractivity contribution in [2.24, 2.45) is 10.1 Å². The monoisotopic (exact) mass is 325 g/mol. The van der Waals surface area contributed by atoms with Gasteiger partial charge in [0.2, 0.25) is 5.79 Å². The molecule has 0 N–H and O–H groups in total. The van der Waals surface area contributed by atoms with Crippen LogP contribution < -0.4 is 0 Å². The van der Waals surface area contributed by atoms with Crippen LogP contribution in [0.2, 0.25) is 0 Å². The van der Waals surface area contributed by atoms with E-state index in [4.69, 9.17) is 14.5 Å². The normalized spacial score (nSPS) is 16.2. The van der Waals surface area contributed by atoms with Gasteiger partial charge in [-0.1, -0.05) is 24.3 Å². The summed E-state index contributed by atoms with van der Waals surface area (Å²) in [5.41, 5.74) is 2.74. The number of allylic oxidation sites excluding steroid dienone is 3. The Morgan fingerprint density at radius 3 is 2.33 bits per heavy atom. The van der Waals surface area contributed by atoms with Crippen molar-refractivity contribution < 1.29 is 9.47 Å². The minimum Gasteiger partial charge on any atom is -0.346 e. The number of aliphatic imine (C=N–C) groups is 1. The Labute approximate surface area is 143 Å². The molecule has 1 aromatic rings. The fourth-order valence-corrected chi connectivity index (χ4v) is 2.13. The van der Waals surface area contributed by atoms with Crippen molar-refractivity contribution in [3.8, 4) is 0 Å². The molecule has 126 valence electrons. The predicted molar refractivity (Wildman–Crippen MR) is 99.8 cm³/mol. The SMILES string of the molecule is COC1(OC)C=CC(=Nc2ccccc2/C=C/C=N/N(C)C)C=C1. The third-order valence-electron chi connectivity index (χ3n) is 3.46. The van der Waals surface area contributed by atoms with Gasteiger partial charge in [-0.05, 0) is 36.4 Å². The average Bonchev–Trinajstić information content (AvgIpc) is 2.61. The summed E-state index contributed by atoms with van der Waals surface area (Å²) in [6.07, 6.45) is 13.1. The molecule has 5 nitrogen and oxygen atoms in total. The number of hydrogen-bond donors (Lipinski definition) is 0. The quantitative estimate of drug-likeness (QED) is 0.457. The Bertz CT molecular complexity index is 678. The molecule has 0 aromatic heterocycles. The molecular weight excluding hydrogens is 302 g/mol. The third kappa shape index (κ3) is 4.75. The molecule has 0 saturated carbocycles. The molecule has 1 aliphatic rings. The molecule has 0 amide bonds. The molecule has 1 aliphatic carbocycles. The molecule has 0 saturated heterocycles. The van der Waals surface area contributed by atoms with Crippen LogP contribution in [0.25, 0.3) is 6.08 Å². The first-order valence-electron chi connectivity index (χ1n) is 7.63. The van der Waals surface area contributed by atoms with Gasteiger partial charge < -0.3 is 14.5 Å². The van der Waals surface area contributed by atoms with Gasteiger partial charge in [-0.2, -0.15) is 5.10 Å². The van der Waals surface area contributed by atoms with Crippen LogP contribution in [0.3, 0.4) is 0 Å². The van der Waals surface area contributed by atoms with Gasteiger partial charge in [-0.25, -0.2) is 4.99 Å². The van der Waals surface area contributed by atoms with Crippen molar-refractivity contribution in [1.29, 1.82) is 0 Å². The predicted octanol–water partition coefficient (Wildman–Crippen LogP) is 3.43. The molecular formula is C19H23N3O2. The second-order valence-electron chi connectivity index (χ2n) is 5.36. The number of ether oxygens (including phenoxy) is 2. The Morgan fingerprint density at radius 2 is 1.71 bits per heavy atom. The van der Waals surface area contributed by atoms with Gasteiger partial charge in [0, 0.05) is 40.1 Å². The highest BCUT2D eigenvalue weighted by molar-refractivity contribution is 6.06. The van der Waals surface area contributed by atoms with E-state index < -0.39 is 5.79 Å². The van der Waals surface area contributed by atoms with Crippen molar-refractivity contribution in [1.82, 2.24) is 5.01 Å². The largest absolute Gasteiger partial charge is 0.346 e. The topological polar surface area (TPSA) is 46.4 Å². The van der Waals surface area contributed by atoms with Crippen LogP contribution in [-0.4, -0.2) is 51.0 Å². The highest BCUT2D eigenvalue weighted by Gasteiger charge is 2.24. The summed E-state index contributed by atoms with van der Waals surface area (Å²) in [6, 6.07) is 7.95. The fraction of sp³-hybridized carbons (Fsp3) is 0.263. The van der Waals surface area contributed by atoms with E-state index >= 15 is 0 Å². The molecule has 0 atom stereocenters. The average molecular weight is 325 g/mol. The first kappa shape index (κ1) is 17.8. The lowest BCUT2D eigenvalue weighted by molar-refractivity contribution is -0.133. The number of hydrogen-bond acceptors (Lipinski definition) is 5. The fourth-order valence-electron chi connectivity index (χ4n) is 2.13. The van der Waals surface area contributed by atoms with Gasteiger partial charge in [0.25, 0.3) is 0 Å². The van der Waals surface area contributed by atoms with Crippen molar-refractivity contribution in [2.45, 2.75) is 5.79 Å². The lowest BCUT2D eigenvalue weighted by Gasteiger charge is -2.25. The van der Waals surface area contributed by atoms with Crippen LogP contribution in [0, 0.1) is 0 Å². The summed E-state index contributed by atoms with van der Waals surface area (Å²) in [5.74, 6) is -0.804. The minimum atomic E-state index is -0.804. The summed E-state index contributed by atoms with van der Waals surface area (Å²) >= 11 is 0. The lowest BCUT2D eigenvalue weighted by Crippen LogP contribution is -2.30. The van der Waals surface area contributed by atoms with E-state index in [0.29, 0.717) is 0 Å². The number of para-hydroxylation sites is 1. The van der Waals surface area contributed by atoms with Gasteiger partial charge in [-0.15, -0.1) is 0 Å². The minimum absolute atomic E-state index is 0.804. The highest BCUT2D eigenvalue weighted by Crippen LogP contribution is 2.23. The molecule has 5 heteroatoms.